The molecule has 7 heteroatoms. The van der Waals surface area contributed by atoms with Crippen molar-refractivity contribution in [2.24, 2.45) is 0 Å². The van der Waals surface area contributed by atoms with E-state index in [1.54, 1.807) is 12.1 Å². The van der Waals surface area contributed by atoms with Gasteiger partial charge in [-0.1, -0.05) is 19.8 Å². The molecule has 1 amide bonds. The van der Waals surface area contributed by atoms with Gasteiger partial charge in [-0.3, -0.25) is 4.79 Å². The molecule has 134 valence electrons. The van der Waals surface area contributed by atoms with Gasteiger partial charge in [0.1, 0.15) is 5.75 Å². The molecular weight excluding hydrogens is 328 g/mol. The van der Waals surface area contributed by atoms with Crippen LogP contribution in [-0.2, 0) is 14.8 Å². The molecule has 1 aliphatic heterocycles. The summed E-state index contributed by atoms with van der Waals surface area (Å²) in [6.45, 7) is 3.89. The summed E-state index contributed by atoms with van der Waals surface area (Å²) in [5.74, 6) is 0.478. The lowest BCUT2D eigenvalue weighted by Crippen LogP contribution is -2.35. The SMILES string of the molecule is CCCNS(=O)(=O)c1ccc(OCC(=O)N2CCCCCC2)cc1. The Kier molecular flexibility index (Phi) is 7.05. The minimum Gasteiger partial charge on any atom is -0.484 e. The van der Waals surface area contributed by atoms with E-state index >= 15 is 0 Å². The van der Waals surface area contributed by atoms with Crippen molar-refractivity contribution in [2.75, 3.05) is 26.2 Å². The molecule has 0 saturated carbocycles. The van der Waals surface area contributed by atoms with Crippen LogP contribution in [0.5, 0.6) is 5.75 Å². The molecule has 0 aliphatic carbocycles. The predicted octanol–water partition coefficient (Wildman–Crippen LogP) is 2.16. The summed E-state index contributed by atoms with van der Waals surface area (Å²) in [5, 5.41) is 0. The Morgan fingerprint density at radius 1 is 1.12 bits per heavy atom. The van der Waals surface area contributed by atoms with E-state index in [0.29, 0.717) is 12.3 Å². The fourth-order valence-corrected chi connectivity index (χ4v) is 3.73. The lowest BCUT2D eigenvalue weighted by atomic mass is 10.2. The van der Waals surface area contributed by atoms with Crippen LogP contribution in [0, 0.1) is 0 Å². The van der Waals surface area contributed by atoms with Crippen molar-refractivity contribution in [1.82, 2.24) is 9.62 Å². The molecule has 2 rings (SSSR count). The lowest BCUT2D eigenvalue weighted by Gasteiger charge is -2.20. The van der Waals surface area contributed by atoms with Crippen molar-refractivity contribution in [1.29, 1.82) is 0 Å². The molecule has 1 aromatic rings. The van der Waals surface area contributed by atoms with Crippen LogP contribution in [-0.4, -0.2) is 45.5 Å². The number of nitrogens with one attached hydrogen (secondary N) is 1. The van der Waals surface area contributed by atoms with E-state index in [2.05, 4.69) is 4.72 Å². The Labute approximate surface area is 144 Å². The monoisotopic (exact) mass is 354 g/mol. The number of carbonyl (C=O) groups excluding carboxylic acids is 1. The molecule has 1 heterocycles. The minimum absolute atomic E-state index is 0.0137. The highest BCUT2D eigenvalue weighted by Gasteiger charge is 2.16. The molecule has 0 radical (unpaired) electrons. The summed E-state index contributed by atoms with van der Waals surface area (Å²) in [6, 6.07) is 6.14. The van der Waals surface area contributed by atoms with Gasteiger partial charge in [0.25, 0.3) is 5.91 Å². The highest BCUT2D eigenvalue weighted by Crippen LogP contribution is 2.16. The second-order valence-electron chi connectivity index (χ2n) is 5.95. The Bertz CT molecular complexity index is 620. The van der Waals surface area contributed by atoms with E-state index in [9.17, 15) is 13.2 Å². The smallest absolute Gasteiger partial charge is 0.260 e. The van der Waals surface area contributed by atoms with Crippen LogP contribution in [0.2, 0.25) is 0 Å². The number of sulfonamides is 1. The van der Waals surface area contributed by atoms with Gasteiger partial charge in [-0.05, 0) is 43.5 Å². The molecule has 6 nitrogen and oxygen atoms in total. The average Bonchev–Trinajstić information content (AvgIpc) is 2.88. The zero-order valence-electron chi connectivity index (χ0n) is 14.2. The standard InChI is InChI=1S/C17H26N2O4S/c1-2-11-18-24(21,22)16-9-7-15(8-10-16)23-14-17(20)19-12-5-3-4-6-13-19/h7-10,18H,2-6,11-14H2,1H3. The number of hydrogen-bond donors (Lipinski definition) is 1. The Morgan fingerprint density at radius 3 is 2.33 bits per heavy atom. The van der Waals surface area contributed by atoms with Gasteiger partial charge in [-0.15, -0.1) is 0 Å². The van der Waals surface area contributed by atoms with Crippen LogP contribution in [0.1, 0.15) is 39.0 Å². The second kappa shape index (κ2) is 9.03. The van der Waals surface area contributed by atoms with Crippen LogP contribution in [0.15, 0.2) is 29.2 Å². The highest BCUT2D eigenvalue weighted by atomic mass is 32.2. The fourth-order valence-electron chi connectivity index (χ4n) is 2.59. The topological polar surface area (TPSA) is 75.7 Å². The Hall–Kier alpha value is -1.60. The molecule has 1 aromatic carbocycles. The molecule has 0 aromatic heterocycles. The number of nitrogens with zero attached hydrogens (tertiary/aromatic N) is 1. The van der Waals surface area contributed by atoms with Crippen molar-refractivity contribution in [3.8, 4) is 5.75 Å². The van der Waals surface area contributed by atoms with Gasteiger partial charge in [-0.25, -0.2) is 13.1 Å². The molecule has 1 saturated heterocycles. The van der Waals surface area contributed by atoms with Gasteiger partial charge in [0.15, 0.2) is 6.61 Å². The van der Waals surface area contributed by atoms with Gasteiger partial charge in [0.2, 0.25) is 10.0 Å². The summed E-state index contributed by atoms with van der Waals surface area (Å²) in [4.78, 5) is 14.2. The molecule has 0 unspecified atom stereocenters. The molecule has 1 aliphatic rings. The summed E-state index contributed by atoms with van der Waals surface area (Å²) >= 11 is 0. The van der Waals surface area contributed by atoms with Crippen molar-refractivity contribution in [3.63, 3.8) is 0 Å². The minimum atomic E-state index is -3.47. The average molecular weight is 354 g/mol. The maximum absolute atomic E-state index is 12.2. The number of carbonyl (C=O) groups is 1. The molecular formula is C17H26N2O4S. The van der Waals surface area contributed by atoms with E-state index in [1.165, 1.54) is 25.0 Å². The molecule has 0 spiro atoms. The first-order valence-corrected chi connectivity index (χ1v) is 10.0. The third kappa shape index (κ3) is 5.49. The van der Waals surface area contributed by atoms with Crippen molar-refractivity contribution < 1.29 is 17.9 Å². The number of amides is 1. The third-order valence-corrected chi connectivity index (χ3v) is 5.47. The van der Waals surface area contributed by atoms with Gasteiger partial charge in [0, 0.05) is 19.6 Å². The quantitative estimate of drug-likeness (QED) is 0.814. The Morgan fingerprint density at radius 2 is 1.75 bits per heavy atom. The van der Waals surface area contributed by atoms with E-state index in [1.807, 2.05) is 11.8 Å². The van der Waals surface area contributed by atoms with Gasteiger partial charge >= 0.3 is 0 Å². The van der Waals surface area contributed by atoms with Crippen LogP contribution in [0.25, 0.3) is 0 Å². The van der Waals surface area contributed by atoms with Crippen molar-refractivity contribution in [2.45, 2.75) is 43.9 Å². The van der Waals surface area contributed by atoms with Gasteiger partial charge in [0.05, 0.1) is 4.90 Å². The number of benzene rings is 1. The van der Waals surface area contributed by atoms with E-state index in [0.717, 1.165) is 32.4 Å². The van der Waals surface area contributed by atoms with E-state index < -0.39 is 10.0 Å². The van der Waals surface area contributed by atoms with E-state index in [-0.39, 0.29) is 17.4 Å². The maximum Gasteiger partial charge on any atom is 0.260 e. The zero-order valence-corrected chi connectivity index (χ0v) is 15.0. The first-order valence-electron chi connectivity index (χ1n) is 8.53. The first kappa shape index (κ1) is 18.7. The first-order chi connectivity index (χ1) is 11.5. The Balaban J connectivity index is 1.88. The summed E-state index contributed by atoms with van der Waals surface area (Å²) in [6.07, 6.45) is 5.17. The lowest BCUT2D eigenvalue weighted by molar-refractivity contribution is -0.133. The van der Waals surface area contributed by atoms with Crippen molar-refractivity contribution in [3.05, 3.63) is 24.3 Å². The number of hydrogen-bond acceptors (Lipinski definition) is 4. The number of rotatable bonds is 7. The molecule has 1 N–H and O–H groups in total. The van der Waals surface area contributed by atoms with Crippen LogP contribution in [0.3, 0.4) is 0 Å². The third-order valence-electron chi connectivity index (χ3n) is 4.00. The molecule has 0 atom stereocenters. The molecule has 1 fully saturated rings. The zero-order chi connectivity index (χ0) is 17.4. The fraction of sp³-hybridized carbons (Fsp3) is 0.588. The second-order valence-corrected chi connectivity index (χ2v) is 7.72. The van der Waals surface area contributed by atoms with Crippen LogP contribution in [0.4, 0.5) is 0 Å². The van der Waals surface area contributed by atoms with Crippen molar-refractivity contribution >= 4 is 15.9 Å². The number of likely N-dealkylation sites (tertiary alicyclic amines) is 1. The highest BCUT2D eigenvalue weighted by molar-refractivity contribution is 7.89. The molecule has 24 heavy (non-hydrogen) atoms. The van der Waals surface area contributed by atoms with Gasteiger partial charge in [-0.2, -0.15) is 0 Å². The summed E-state index contributed by atoms with van der Waals surface area (Å²) in [7, 11) is -3.47. The van der Waals surface area contributed by atoms with Crippen LogP contribution < -0.4 is 9.46 Å². The largest absolute Gasteiger partial charge is 0.484 e. The van der Waals surface area contributed by atoms with Crippen LogP contribution >= 0.6 is 0 Å². The molecule has 0 bridgehead atoms. The summed E-state index contributed by atoms with van der Waals surface area (Å²) in [5.41, 5.74) is 0. The maximum atomic E-state index is 12.2. The predicted molar refractivity (Wildman–Crippen MR) is 92.5 cm³/mol. The number of ether oxygens (including phenoxy) is 1. The normalized spacial score (nSPS) is 15.8. The van der Waals surface area contributed by atoms with E-state index in [4.69, 9.17) is 4.74 Å². The van der Waals surface area contributed by atoms with Gasteiger partial charge < -0.3 is 9.64 Å². The summed E-state index contributed by atoms with van der Waals surface area (Å²) < 4.78 is 32.0.